The summed E-state index contributed by atoms with van der Waals surface area (Å²) in [6, 6.07) is 4.32. The van der Waals surface area contributed by atoms with Gasteiger partial charge in [0.1, 0.15) is 11.1 Å². The van der Waals surface area contributed by atoms with Gasteiger partial charge in [-0.25, -0.2) is 9.78 Å². The van der Waals surface area contributed by atoms with Crippen molar-refractivity contribution in [2.45, 2.75) is 52.3 Å². The van der Waals surface area contributed by atoms with Crippen LogP contribution in [-0.2, 0) is 16.1 Å². The Hall–Kier alpha value is -2.18. The van der Waals surface area contributed by atoms with E-state index in [-0.39, 0.29) is 6.54 Å². The van der Waals surface area contributed by atoms with Gasteiger partial charge in [-0.15, -0.1) is 0 Å². The highest BCUT2D eigenvalue weighted by Gasteiger charge is 2.31. The number of nitrogens with one attached hydrogen (secondary N) is 2. The molecular weight excluding hydrogens is 289 g/mol. The highest BCUT2D eigenvalue weighted by molar-refractivity contribution is 5.89. The van der Waals surface area contributed by atoms with Crippen LogP contribution in [0.25, 0.3) is 0 Å². The maximum atomic E-state index is 13.0. The Balaban J connectivity index is 2.57. The minimum atomic E-state index is -1.17. The SMILES string of the molecule is CC(C)(C)OC(=O)NC(C)(C)C(=O)NCc1cccc(F)n1. The molecule has 0 saturated carbocycles. The van der Waals surface area contributed by atoms with Crippen LogP contribution in [0.2, 0.25) is 0 Å². The smallest absolute Gasteiger partial charge is 0.408 e. The van der Waals surface area contributed by atoms with Gasteiger partial charge in [0.15, 0.2) is 0 Å². The van der Waals surface area contributed by atoms with Gasteiger partial charge in [-0.2, -0.15) is 4.39 Å². The van der Waals surface area contributed by atoms with Crippen molar-refractivity contribution < 1.29 is 18.7 Å². The van der Waals surface area contributed by atoms with Crippen LogP contribution in [0.5, 0.6) is 0 Å². The molecule has 6 nitrogen and oxygen atoms in total. The monoisotopic (exact) mass is 311 g/mol. The third-order valence-electron chi connectivity index (χ3n) is 2.58. The van der Waals surface area contributed by atoms with Gasteiger partial charge in [-0.05, 0) is 46.8 Å². The molecule has 2 N–H and O–H groups in total. The van der Waals surface area contributed by atoms with Crippen LogP contribution in [0.3, 0.4) is 0 Å². The van der Waals surface area contributed by atoms with E-state index >= 15 is 0 Å². The van der Waals surface area contributed by atoms with Crippen LogP contribution < -0.4 is 10.6 Å². The average molecular weight is 311 g/mol. The first kappa shape index (κ1) is 17.9. The van der Waals surface area contributed by atoms with Crippen molar-refractivity contribution in [3.8, 4) is 0 Å². The molecule has 0 fully saturated rings. The lowest BCUT2D eigenvalue weighted by atomic mass is 10.1. The molecule has 2 amide bonds. The van der Waals surface area contributed by atoms with Crippen LogP contribution >= 0.6 is 0 Å². The molecule has 1 rings (SSSR count). The summed E-state index contributed by atoms with van der Waals surface area (Å²) < 4.78 is 18.1. The molecule has 0 saturated heterocycles. The van der Waals surface area contributed by atoms with Gasteiger partial charge in [0.2, 0.25) is 11.9 Å². The quantitative estimate of drug-likeness (QED) is 0.835. The van der Waals surface area contributed by atoms with Gasteiger partial charge in [0.25, 0.3) is 0 Å². The number of carbonyl (C=O) groups excluding carboxylic acids is 2. The van der Waals surface area contributed by atoms with Crippen molar-refractivity contribution in [2.24, 2.45) is 0 Å². The molecule has 0 aliphatic rings. The molecule has 1 aromatic rings. The number of amides is 2. The first-order chi connectivity index (χ1) is 9.99. The fraction of sp³-hybridized carbons (Fsp3) is 0.533. The van der Waals surface area contributed by atoms with Crippen molar-refractivity contribution in [3.63, 3.8) is 0 Å². The number of halogens is 1. The number of ether oxygens (including phenoxy) is 1. The van der Waals surface area contributed by atoms with Crippen LogP contribution in [-0.4, -0.2) is 28.1 Å². The van der Waals surface area contributed by atoms with Crippen molar-refractivity contribution in [1.29, 1.82) is 0 Å². The second-order valence-corrected chi connectivity index (χ2v) is 6.39. The number of nitrogens with zero attached hydrogens (tertiary/aromatic N) is 1. The van der Waals surface area contributed by atoms with Crippen molar-refractivity contribution in [3.05, 3.63) is 29.8 Å². The zero-order valence-corrected chi connectivity index (χ0v) is 13.5. The molecule has 22 heavy (non-hydrogen) atoms. The first-order valence-electron chi connectivity index (χ1n) is 6.90. The topological polar surface area (TPSA) is 80.3 Å². The molecule has 1 aromatic heterocycles. The second-order valence-electron chi connectivity index (χ2n) is 6.39. The summed E-state index contributed by atoms with van der Waals surface area (Å²) in [7, 11) is 0. The maximum Gasteiger partial charge on any atom is 0.408 e. The minimum absolute atomic E-state index is 0.0655. The molecule has 0 bridgehead atoms. The summed E-state index contributed by atoms with van der Waals surface area (Å²) in [6.07, 6.45) is -0.684. The molecule has 0 radical (unpaired) electrons. The standard InChI is InChI=1S/C15H22FN3O3/c1-14(2,3)22-13(21)19-15(4,5)12(20)17-9-10-7-6-8-11(16)18-10/h6-8H,9H2,1-5H3,(H,17,20)(H,19,21). The zero-order chi connectivity index (χ0) is 17.0. The Morgan fingerprint density at radius 3 is 2.41 bits per heavy atom. The average Bonchev–Trinajstić information content (AvgIpc) is 2.32. The largest absolute Gasteiger partial charge is 0.444 e. The summed E-state index contributed by atoms with van der Waals surface area (Å²) in [6.45, 7) is 8.35. The fourth-order valence-corrected chi connectivity index (χ4v) is 1.56. The lowest BCUT2D eigenvalue weighted by molar-refractivity contribution is -0.126. The van der Waals surface area contributed by atoms with Crippen LogP contribution in [0.4, 0.5) is 9.18 Å². The lowest BCUT2D eigenvalue weighted by Gasteiger charge is -2.27. The van der Waals surface area contributed by atoms with Crippen molar-refractivity contribution in [2.75, 3.05) is 0 Å². The molecule has 7 heteroatoms. The van der Waals surface area contributed by atoms with E-state index in [0.717, 1.165) is 0 Å². The van der Waals surface area contributed by atoms with Gasteiger partial charge >= 0.3 is 6.09 Å². The van der Waals surface area contributed by atoms with Gasteiger partial charge in [0, 0.05) is 0 Å². The van der Waals surface area contributed by atoms with E-state index in [9.17, 15) is 14.0 Å². The Morgan fingerprint density at radius 1 is 1.23 bits per heavy atom. The van der Waals surface area contributed by atoms with Crippen LogP contribution in [0.1, 0.15) is 40.3 Å². The molecule has 122 valence electrons. The van der Waals surface area contributed by atoms with Crippen LogP contribution in [0, 0.1) is 5.95 Å². The van der Waals surface area contributed by atoms with Crippen LogP contribution in [0.15, 0.2) is 18.2 Å². The first-order valence-corrected chi connectivity index (χ1v) is 6.90. The third-order valence-corrected chi connectivity index (χ3v) is 2.58. The third kappa shape index (κ3) is 6.07. The van der Waals surface area contributed by atoms with E-state index < -0.39 is 29.1 Å². The van der Waals surface area contributed by atoms with Crippen molar-refractivity contribution in [1.82, 2.24) is 15.6 Å². The van der Waals surface area contributed by atoms with E-state index in [1.165, 1.54) is 12.1 Å². The molecule has 0 aromatic carbocycles. The van der Waals surface area contributed by atoms with E-state index in [0.29, 0.717) is 5.69 Å². The summed E-state index contributed by atoms with van der Waals surface area (Å²) in [5.74, 6) is -1.04. The number of aromatic nitrogens is 1. The summed E-state index contributed by atoms with van der Waals surface area (Å²) in [5.41, 5.74) is -1.43. The normalized spacial score (nSPS) is 11.7. The van der Waals surface area contributed by atoms with Gasteiger partial charge in [-0.1, -0.05) is 6.07 Å². The summed E-state index contributed by atoms with van der Waals surface area (Å²) in [5, 5.41) is 5.09. The number of pyridine rings is 1. The molecular formula is C15H22FN3O3. The highest BCUT2D eigenvalue weighted by Crippen LogP contribution is 2.10. The summed E-state index contributed by atoms with van der Waals surface area (Å²) >= 11 is 0. The molecule has 0 spiro atoms. The summed E-state index contributed by atoms with van der Waals surface area (Å²) in [4.78, 5) is 27.5. The number of alkyl carbamates (subject to hydrolysis) is 1. The van der Waals surface area contributed by atoms with E-state index in [2.05, 4.69) is 15.6 Å². The van der Waals surface area contributed by atoms with Gasteiger partial charge < -0.3 is 15.4 Å². The maximum absolute atomic E-state index is 13.0. The van der Waals surface area contributed by atoms with E-state index in [4.69, 9.17) is 4.74 Å². The van der Waals surface area contributed by atoms with Gasteiger partial charge in [-0.3, -0.25) is 4.79 Å². The molecule has 0 unspecified atom stereocenters. The zero-order valence-electron chi connectivity index (χ0n) is 13.5. The second kappa shape index (κ2) is 6.72. The Bertz CT molecular complexity index is 553. The van der Waals surface area contributed by atoms with Gasteiger partial charge in [0.05, 0.1) is 12.2 Å². The fourth-order valence-electron chi connectivity index (χ4n) is 1.56. The molecule has 0 atom stereocenters. The number of hydrogen-bond acceptors (Lipinski definition) is 4. The van der Waals surface area contributed by atoms with E-state index in [1.807, 2.05) is 0 Å². The number of rotatable bonds is 4. The predicted molar refractivity (Wildman–Crippen MR) is 79.5 cm³/mol. The molecule has 0 aliphatic heterocycles. The molecule has 1 heterocycles. The minimum Gasteiger partial charge on any atom is -0.444 e. The number of carbonyl (C=O) groups is 2. The van der Waals surface area contributed by atoms with Crippen molar-refractivity contribution >= 4 is 12.0 Å². The predicted octanol–water partition coefficient (Wildman–Crippen LogP) is 2.14. The number of hydrogen-bond donors (Lipinski definition) is 2. The Kier molecular flexibility index (Phi) is 5.46. The highest BCUT2D eigenvalue weighted by atomic mass is 19.1. The lowest BCUT2D eigenvalue weighted by Crippen LogP contribution is -2.55. The Labute approximate surface area is 129 Å². The van der Waals surface area contributed by atoms with E-state index in [1.54, 1.807) is 40.7 Å². The Morgan fingerprint density at radius 2 is 1.86 bits per heavy atom. The molecule has 0 aliphatic carbocycles.